The molecule has 0 fully saturated rings. The third kappa shape index (κ3) is 4.32. The van der Waals surface area contributed by atoms with E-state index in [2.05, 4.69) is 4.40 Å². The Morgan fingerprint density at radius 1 is 1.20 bits per heavy atom. The number of nitrogens with two attached hydrogens (primary N) is 1. The molecule has 0 aliphatic rings. The van der Waals surface area contributed by atoms with Gasteiger partial charge in [-0.25, -0.2) is 4.21 Å². The molecule has 0 saturated carbocycles. The van der Waals surface area contributed by atoms with Crippen LogP contribution in [0.15, 0.2) is 22.6 Å². The zero-order valence-corrected chi connectivity index (χ0v) is 14.5. The zero-order chi connectivity index (χ0) is 15.7. The van der Waals surface area contributed by atoms with Gasteiger partial charge in [-0.1, -0.05) is 32.4 Å². The van der Waals surface area contributed by atoms with Crippen LogP contribution in [0.1, 0.15) is 47.1 Å². The van der Waals surface area contributed by atoms with Crippen LogP contribution in [0.2, 0.25) is 5.02 Å². The lowest BCUT2D eigenvalue weighted by molar-refractivity contribution is 0.591. The Hall–Kier alpha value is -0.870. The molecule has 1 rings (SSSR count). The summed E-state index contributed by atoms with van der Waals surface area (Å²) < 4.78 is 16.4. The first kappa shape index (κ1) is 17.2. The smallest absolute Gasteiger partial charge is 0.145 e. The van der Waals surface area contributed by atoms with Crippen LogP contribution < -0.4 is 5.73 Å². The van der Waals surface area contributed by atoms with E-state index in [1.54, 1.807) is 18.2 Å². The molecule has 0 saturated heterocycles. The summed E-state index contributed by atoms with van der Waals surface area (Å²) in [6.07, 6.45) is 0. The van der Waals surface area contributed by atoms with E-state index in [0.29, 0.717) is 16.4 Å². The molecule has 0 aromatic heterocycles. The molecule has 0 radical (unpaired) electrons. The largest absolute Gasteiger partial charge is 0.398 e. The number of rotatable bonds is 2. The molecule has 0 aliphatic heterocycles. The third-order valence-electron chi connectivity index (χ3n) is 2.68. The van der Waals surface area contributed by atoms with Crippen LogP contribution in [-0.4, -0.2) is 14.7 Å². The number of anilines is 1. The van der Waals surface area contributed by atoms with Gasteiger partial charge in [-0.15, -0.1) is 0 Å². The van der Waals surface area contributed by atoms with E-state index in [1.807, 2.05) is 41.5 Å². The zero-order valence-electron chi connectivity index (χ0n) is 13.0. The number of nitrogen functional groups attached to an aromatic ring is 1. The van der Waals surface area contributed by atoms with Crippen molar-refractivity contribution < 1.29 is 4.21 Å². The third-order valence-corrected chi connectivity index (χ3v) is 4.31. The van der Waals surface area contributed by atoms with Gasteiger partial charge < -0.3 is 5.73 Å². The van der Waals surface area contributed by atoms with Gasteiger partial charge in [0, 0.05) is 21.7 Å². The van der Waals surface area contributed by atoms with Crippen molar-refractivity contribution in [3.63, 3.8) is 0 Å². The molecule has 2 N–H and O–H groups in total. The number of hydrogen-bond acceptors (Lipinski definition) is 2. The quantitative estimate of drug-likeness (QED) is 0.656. The predicted octanol–water partition coefficient (Wildman–Crippen LogP) is 4.22. The number of nitrogens with zero attached hydrogens (tertiary/aromatic N) is 1. The topological polar surface area (TPSA) is 55.5 Å². The van der Waals surface area contributed by atoms with Crippen molar-refractivity contribution in [2.24, 2.45) is 9.81 Å². The summed E-state index contributed by atoms with van der Waals surface area (Å²) in [5, 5.41) is 0.590. The van der Waals surface area contributed by atoms with Gasteiger partial charge >= 0.3 is 0 Å². The molecule has 0 heterocycles. The first-order valence-electron chi connectivity index (χ1n) is 6.49. The van der Waals surface area contributed by atoms with E-state index in [1.165, 1.54) is 0 Å². The Kier molecular flexibility index (Phi) is 5.03. The van der Waals surface area contributed by atoms with Crippen molar-refractivity contribution in [2.75, 3.05) is 5.73 Å². The first-order valence-corrected chi connectivity index (χ1v) is 7.98. The van der Waals surface area contributed by atoms with Crippen molar-refractivity contribution in [1.29, 1.82) is 0 Å². The highest BCUT2D eigenvalue weighted by molar-refractivity contribution is 7.85. The van der Waals surface area contributed by atoms with Crippen LogP contribution in [0.3, 0.4) is 0 Å². The lowest BCUT2D eigenvalue weighted by atomic mass is 9.85. The fourth-order valence-corrected chi connectivity index (χ4v) is 2.53. The summed E-state index contributed by atoms with van der Waals surface area (Å²) in [6.45, 7) is 11.8. The first-order chi connectivity index (χ1) is 8.93. The van der Waals surface area contributed by atoms with Gasteiger partial charge in [-0.2, -0.15) is 4.40 Å². The van der Waals surface area contributed by atoms with E-state index in [4.69, 9.17) is 17.3 Å². The van der Waals surface area contributed by atoms with E-state index in [9.17, 15) is 4.21 Å². The maximum atomic E-state index is 12.3. The van der Waals surface area contributed by atoms with E-state index < -0.39 is 15.7 Å². The normalized spacial score (nSPS) is 15.2. The number of benzene rings is 1. The lowest BCUT2D eigenvalue weighted by Crippen LogP contribution is -2.27. The van der Waals surface area contributed by atoms with Gasteiger partial charge in [-0.3, -0.25) is 0 Å². The minimum Gasteiger partial charge on any atom is -0.398 e. The highest BCUT2D eigenvalue weighted by atomic mass is 35.5. The predicted molar refractivity (Wildman–Crippen MR) is 89.8 cm³/mol. The second-order valence-electron chi connectivity index (χ2n) is 6.78. The van der Waals surface area contributed by atoms with Gasteiger partial charge in [0.15, 0.2) is 0 Å². The Labute approximate surface area is 129 Å². The molecule has 0 amide bonds. The lowest BCUT2D eigenvalue weighted by Gasteiger charge is -2.24. The van der Waals surface area contributed by atoms with Gasteiger partial charge in [-0.05, 0) is 39.0 Å². The summed E-state index contributed by atoms with van der Waals surface area (Å²) in [5.74, 6) is 0. The number of halogens is 1. The average Bonchev–Trinajstić information content (AvgIpc) is 2.26. The molecule has 20 heavy (non-hydrogen) atoms. The van der Waals surface area contributed by atoms with Crippen LogP contribution in [0.4, 0.5) is 5.69 Å². The van der Waals surface area contributed by atoms with Gasteiger partial charge in [0.1, 0.15) is 11.0 Å². The Bertz CT molecular complexity index is 554. The Morgan fingerprint density at radius 3 is 2.20 bits per heavy atom. The van der Waals surface area contributed by atoms with E-state index in [-0.39, 0.29) is 5.41 Å². The highest BCUT2D eigenvalue weighted by Gasteiger charge is 2.27. The Balaban J connectivity index is 3.46. The van der Waals surface area contributed by atoms with E-state index >= 15 is 0 Å². The summed E-state index contributed by atoms with van der Waals surface area (Å²) in [6, 6.07) is 5.27. The van der Waals surface area contributed by atoms with Crippen LogP contribution in [0.5, 0.6) is 0 Å². The minimum atomic E-state index is -1.34. The fraction of sp³-hybridized carbons (Fsp3) is 0.533. The van der Waals surface area contributed by atoms with Gasteiger partial charge in [0.2, 0.25) is 0 Å². The summed E-state index contributed by atoms with van der Waals surface area (Å²) in [4.78, 5) is 0. The second kappa shape index (κ2) is 5.86. The molecular weight excluding hydrogens is 292 g/mol. The molecule has 0 aliphatic carbocycles. The fourth-order valence-electron chi connectivity index (χ4n) is 1.54. The van der Waals surface area contributed by atoms with Crippen molar-refractivity contribution in [3.8, 4) is 0 Å². The van der Waals surface area contributed by atoms with Crippen LogP contribution >= 0.6 is 11.6 Å². The molecule has 3 nitrogen and oxygen atoms in total. The monoisotopic (exact) mass is 314 g/mol. The molecule has 1 aromatic carbocycles. The molecule has 5 heteroatoms. The van der Waals surface area contributed by atoms with Crippen molar-refractivity contribution in [3.05, 3.63) is 28.8 Å². The molecule has 1 atom stereocenters. The maximum Gasteiger partial charge on any atom is 0.145 e. The minimum absolute atomic E-state index is 0.278. The van der Waals surface area contributed by atoms with Gasteiger partial charge in [0.25, 0.3) is 0 Å². The van der Waals surface area contributed by atoms with Crippen LogP contribution in [0.25, 0.3) is 0 Å². The standard InChI is InChI=1S/C15H23ClN2OS/c1-14(2,3)13(18-20(19)15(4,5)6)11-9-10(16)7-8-12(11)17/h7-9H,17H2,1-6H3/b18-13-. The average molecular weight is 315 g/mol. The molecule has 1 unspecified atom stereocenters. The molecule has 112 valence electrons. The Morgan fingerprint density at radius 2 is 1.75 bits per heavy atom. The summed E-state index contributed by atoms with van der Waals surface area (Å²) in [7, 11) is -1.34. The SMILES string of the molecule is CC(C)(C)/C(=N\S(=O)C(C)(C)C)c1cc(Cl)ccc1N. The van der Waals surface area contributed by atoms with E-state index in [0.717, 1.165) is 5.56 Å². The number of hydrogen-bond donors (Lipinski definition) is 1. The van der Waals surface area contributed by atoms with Crippen LogP contribution in [0, 0.1) is 5.41 Å². The second-order valence-corrected chi connectivity index (χ2v) is 9.13. The molecular formula is C15H23ClN2OS. The van der Waals surface area contributed by atoms with Crippen molar-refractivity contribution in [2.45, 2.75) is 46.3 Å². The van der Waals surface area contributed by atoms with Crippen molar-refractivity contribution in [1.82, 2.24) is 0 Å². The molecule has 1 aromatic rings. The maximum absolute atomic E-state index is 12.3. The summed E-state index contributed by atoms with van der Waals surface area (Å²) in [5.41, 5.74) is 7.81. The molecule has 0 spiro atoms. The summed E-state index contributed by atoms with van der Waals surface area (Å²) >= 11 is 6.05. The van der Waals surface area contributed by atoms with Crippen LogP contribution in [-0.2, 0) is 11.0 Å². The highest BCUT2D eigenvalue weighted by Crippen LogP contribution is 2.29. The van der Waals surface area contributed by atoms with Gasteiger partial charge in [0.05, 0.1) is 10.5 Å². The van der Waals surface area contributed by atoms with Crippen molar-refractivity contribution >= 4 is 34.0 Å². The molecule has 0 bridgehead atoms.